The Morgan fingerprint density at radius 3 is 2.34 bits per heavy atom. The minimum Gasteiger partial charge on any atom is -0.494 e. The van der Waals surface area contributed by atoms with Gasteiger partial charge in [-0.2, -0.15) is 0 Å². The second-order valence-electron chi connectivity index (χ2n) is 9.84. The number of aryl methyl sites for hydroxylation is 1. The number of aromatic nitrogens is 1. The van der Waals surface area contributed by atoms with Crippen LogP contribution in [0.1, 0.15) is 28.7 Å². The summed E-state index contributed by atoms with van der Waals surface area (Å²) >= 11 is 6.19. The molecule has 1 saturated heterocycles. The molecule has 5 rings (SSSR count). The summed E-state index contributed by atoms with van der Waals surface area (Å²) in [6.07, 6.45) is 0.526. The van der Waals surface area contributed by atoms with Gasteiger partial charge in [-0.25, -0.2) is 4.99 Å². The van der Waals surface area contributed by atoms with Crippen molar-refractivity contribution in [3.63, 3.8) is 0 Å². The number of hydrogen-bond acceptors (Lipinski definition) is 5. The number of nitrogens with one attached hydrogen (secondary N) is 1. The maximum atomic E-state index is 11.0. The molecule has 3 aromatic carbocycles. The summed E-state index contributed by atoms with van der Waals surface area (Å²) in [5.41, 5.74) is 5.69. The number of hydrogen-bond donors (Lipinski definition) is 3. The number of aromatic hydroxyl groups is 1. The first-order valence-corrected chi connectivity index (χ1v) is 13.1. The molecule has 1 fully saturated rings. The highest BCUT2D eigenvalue weighted by Gasteiger charge is 2.19. The molecule has 38 heavy (non-hydrogen) atoms. The smallest absolute Gasteiger partial charge is 0.303 e. The molecule has 4 aromatic rings. The van der Waals surface area contributed by atoms with Crippen LogP contribution in [0.5, 0.6) is 5.88 Å². The first-order chi connectivity index (χ1) is 18.4. The third-order valence-electron chi connectivity index (χ3n) is 7.01. The Morgan fingerprint density at radius 1 is 0.974 bits per heavy atom. The van der Waals surface area contributed by atoms with Crippen LogP contribution in [0, 0.1) is 0 Å². The number of rotatable bonds is 8. The lowest BCUT2D eigenvalue weighted by Crippen LogP contribution is -2.43. The molecule has 0 atom stereocenters. The lowest BCUT2D eigenvalue weighted by Gasteiger charge is -2.32. The summed E-state index contributed by atoms with van der Waals surface area (Å²) in [4.78, 5) is 23.8. The molecule has 1 aliphatic heterocycles. The van der Waals surface area contributed by atoms with Crippen molar-refractivity contribution < 1.29 is 15.0 Å². The number of carboxylic acid groups (broad SMARTS) is 1. The topological polar surface area (TPSA) is 92.2 Å². The normalized spacial score (nSPS) is 15.3. The molecule has 0 aliphatic carbocycles. The number of carboxylic acids is 1. The van der Waals surface area contributed by atoms with Crippen LogP contribution < -0.4 is 0 Å². The van der Waals surface area contributed by atoms with Gasteiger partial charge >= 0.3 is 5.97 Å². The van der Waals surface area contributed by atoms with Crippen molar-refractivity contribution >= 4 is 39.9 Å². The largest absolute Gasteiger partial charge is 0.494 e. The fourth-order valence-electron chi connectivity index (χ4n) is 4.81. The fourth-order valence-corrected chi connectivity index (χ4v) is 4.98. The monoisotopic (exact) mass is 530 g/mol. The van der Waals surface area contributed by atoms with Gasteiger partial charge in [0, 0.05) is 55.1 Å². The highest BCUT2D eigenvalue weighted by atomic mass is 35.5. The van der Waals surface area contributed by atoms with Crippen LogP contribution in [0.4, 0.5) is 5.69 Å². The lowest BCUT2D eigenvalue weighted by atomic mass is 9.98. The molecule has 0 spiro atoms. The van der Waals surface area contributed by atoms with Crippen LogP contribution in [0.2, 0.25) is 5.02 Å². The van der Waals surface area contributed by atoms with Gasteiger partial charge < -0.3 is 20.1 Å². The minimum atomic E-state index is -0.824. The number of nitrogens with zero attached hydrogens (tertiary/aromatic N) is 3. The Hall–Kier alpha value is -3.65. The average molecular weight is 531 g/mol. The lowest BCUT2D eigenvalue weighted by molar-refractivity contribution is -0.136. The van der Waals surface area contributed by atoms with Gasteiger partial charge in [0.15, 0.2) is 5.88 Å². The molecule has 8 heteroatoms. The number of aliphatic imine (C=N–C) groups is 1. The molecule has 2 heterocycles. The Balaban J connectivity index is 1.48. The summed E-state index contributed by atoms with van der Waals surface area (Å²) in [5.74, 6) is -0.808. The molecule has 0 unspecified atom stereocenters. The van der Waals surface area contributed by atoms with Gasteiger partial charge in [0.2, 0.25) is 0 Å². The zero-order valence-electron chi connectivity index (χ0n) is 21.3. The number of H-pyrrole nitrogens is 1. The molecule has 3 N–H and O–H groups in total. The van der Waals surface area contributed by atoms with Crippen LogP contribution in [0.15, 0.2) is 71.7 Å². The molecular weight excluding hydrogens is 500 g/mol. The Kier molecular flexibility index (Phi) is 7.79. The van der Waals surface area contributed by atoms with E-state index in [1.54, 1.807) is 12.1 Å². The number of aliphatic carboxylic acids is 1. The number of benzene rings is 3. The zero-order chi connectivity index (χ0) is 26.6. The number of fused-ring (bicyclic) bond motifs is 1. The van der Waals surface area contributed by atoms with Gasteiger partial charge in [-0.1, -0.05) is 54.1 Å². The van der Waals surface area contributed by atoms with Crippen molar-refractivity contribution in [3.8, 4) is 5.88 Å². The molecule has 196 valence electrons. The summed E-state index contributed by atoms with van der Waals surface area (Å²) in [6.45, 7) is 5.20. The molecule has 0 amide bonds. The van der Waals surface area contributed by atoms with E-state index < -0.39 is 5.97 Å². The van der Waals surface area contributed by atoms with Gasteiger partial charge in [-0.05, 0) is 48.9 Å². The highest BCUT2D eigenvalue weighted by Crippen LogP contribution is 2.33. The van der Waals surface area contributed by atoms with Crippen LogP contribution in [-0.2, 0) is 17.8 Å². The maximum Gasteiger partial charge on any atom is 0.303 e. The molecule has 1 aromatic heterocycles. The molecule has 0 radical (unpaired) electrons. The van der Waals surface area contributed by atoms with Gasteiger partial charge in [-0.3, -0.25) is 9.69 Å². The highest BCUT2D eigenvalue weighted by molar-refractivity contribution is 6.31. The molecular formula is C30H31ClN4O3. The van der Waals surface area contributed by atoms with Crippen LogP contribution >= 0.6 is 11.6 Å². The van der Waals surface area contributed by atoms with Crippen molar-refractivity contribution in [3.05, 3.63) is 94.0 Å². The zero-order valence-corrected chi connectivity index (χ0v) is 22.1. The number of carbonyl (C=O) groups is 1. The third kappa shape index (κ3) is 6.07. The predicted octanol–water partition coefficient (Wildman–Crippen LogP) is 5.46. The van der Waals surface area contributed by atoms with E-state index in [0.29, 0.717) is 22.7 Å². The van der Waals surface area contributed by atoms with Crippen LogP contribution in [-0.4, -0.2) is 69.9 Å². The van der Waals surface area contributed by atoms with Crippen molar-refractivity contribution in [2.45, 2.75) is 19.4 Å². The first-order valence-electron chi connectivity index (χ1n) is 12.8. The number of halogens is 1. The number of likely N-dealkylation sites (N-methyl/N-ethyl adjacent to an activating group) is 1. The Bertz CT molecular complexity index is 1450. The van der Waals surface area contributed by atoms with Gasteiger partial charge in [0.05, 0.1) is 22.5 Å². The molecule has 7 nitrogen and oxygen atoms in total. The standard InChI is InChI=1S/C30H31ClN4O3/c1-34-14-16-35(17-15-34)19-21-4-10-24(11-5-21)32-29(22-7-2-20(3-8-22)6-13-27(36)37)28-25-12-9-23(31)18-26(25)33-30(28)38/h2-5,7-12,18,33,38H,6,13-17,19H2,1H3,(H,36,37). The van der Waals surface area contributed by atoms with E-state index in [2.05, 4.69) is 34.0 Å². The van der Waals surface area contributed by atoms with E-state index in [4.69, 9.17) is 21.7 Å². The van der Waals surface area contributed by atoms with E-state index in [9.17, 15) is 9.90 Å². The maximum absolute atomic E-state index is 11.0. The molecule has 0 bridgehead atoms. The van der Waals surface area contributed by atoms with Crippen molar-refractivity contribution in [2.24, 2.45) is 4.99 Å². The fraction of sp³-hybridized carbons (Fsp3) is 0.267. The second-order valence-corrected chi connectivity index (χ2v) is 10.3. The van der Waals surface area contributed by atoms with E-state index in [1.165, 1.54) is 5.56 Å². The van der Waals surface area contributed by atoms with Crippen LogP contribution in [0.25, 0.3) is 10.9 Å². The van der Waals surface area contributed by atoms with Crippen molar-refractivity contribution in [2.75, 3.05) is 33.2 Å². The second kappa shape index (κ2) is 11.4. The van der Waals surface area contributed by atoms with E-state index in [1.807, 2.05) is 42.5 Å². The first kappa shape index (κ1) is 26.0. The number of aromatic amines is 1. The van der Waals surface area contributed by atoms with E-state index >= 15 is 0 Å². The molecule has 0 saturated carbocycles. The van der Waals surface area contributed by atoms with Gasteiger partial charge in [-0.15, -0.1) is 0 Å². The summed E-state index contributed by atoms with van der Waals surface area (Å²) < 4.78 is 0. The average Bonchev–Trinajstić information content (AvgIpc) is 3.23. The SMILES string of the molecule is CN1CCN(Cc2ccc(N=C(c3ccc(CCC(=O)O)cc3)c3c(O)[nH]c4cc(Cl)ccc34)cc2)CC1. The van der Waals surface area contributed by atoms with Crippen LogP contribution in [0.3, 0.4) is 0 Å². The van der Waals surface area contributed by atoms with Crippen molar-refractivity contribution in [1.82, 2.24) is 14.8 Å². The Labute approximate surface area is 227 Å². The van der Waals surface area contributed by atoms with Gasteiger partial charge in [0.25, 0.3) is 0 Å². The predicted molar refractivity (Wildman–Crippen MR) is 152 cm³/mol. The van der Waals surface area contributed by atoms with Crippen molar-refractivity contribution in [1.29, 1.82) is 0 Å². The third-order valence-corrected chi connectivity index (χ3v) is 7.25. The summed E-state index contributed by atoms with van der Waals surface area (Å²) in [7, 11) is 2.16. The minimum absolute atomic E-state index is 0.0163. The van der Waals surface area contributed by atoms with Gasteiger partial charge in [0.1, 0.15) is 0 Å². The van der Waals surface area contributed by atoms with E-state index in [-0.39, 0.29) is 12.3 Å². The molecule has 1 aliphatic rings. The summed E-state index contributed by atoms with van der Waals surface area (Å²) in [5, 5.41) is 21.3. The Morgan fingerprint density at radius 2 is 1.66 bits per heavy atom. The van der Waals surface area contributed by atoms with E-state index in [0.717, 1.165) is 60.4 Å². The summed E-state index contributed by atoms with van der Waals surface area (Å²) in [6, 6.07) is 21.4. The number of piperazine rings is 1. The quantitative estimate of drug-likeness (QED) is 0.263.